The van der Waals surface area contributed by atoms with Crippen molar-refractivity contribution >= 4 is 16.8 Å². The lowest BCUT2D eigenvalue weighted by Crippen LogP contribution is -2.36. The Hall–Kier alpha value is -1.88. The molecule has 18 heavy (non-hydrogen) atoms. The van der Waals surface area contributed by atoms with Gasteiger partial charge in [-0.15, -0.1) is 0 Å². The third-order valence-electron chi connectivity index (χ3n) is 2.40. The molecule has 0 radical (unpaired) electrons. The first kappa shape index (κ1) is 14.2. The standard InChI is InChI=1S/C11H14N4O.C2H6/c1-8-9-5-3-4-6-10(9)15(14-8)7-11(16)13-12-2;1-2/h3-6,12H,7H2,1-2H3,(H,13,16);1-2H3. The first-order valence-electron chi connectivity index (χ1n) is 6.10. The molecule has 0 spiro atoms. The van der Waals surface area contributed by atoms with Crippen molar-refractivity contribution in [3.05, 3.63) is 30.0 Å². The number of nitrogens with zero attached hydrogens (tertiary/aromatic N) is 2. The van der Waals surface area contributed by atoms with E-state index in [1.165, 1.54) is 0 Å². The van der Waals surface area contributed by atoms with Crippen LogP contribution in [0.4, 0.5) is 0 Å². The first-order valence-corrected chi connectivity index (χ1v) is 6.10. The highest BCUT2D eigenvalue weighted by Crippen LogP contribution is 2.16. The third kappa shape index (κ3) is 3.07. The van der Waals surface area contributed by atoms with E-state index in [4.69, 9.17) is 0 Å². The van der Waals surface area contributed by atoms with Gasteiger partial charge in [0.25, 0.3) is 5.91 Å². The minimum absolute atomic E-state index is 0.115. The molecular formula is C13H20N4O. The monoisotopic (exact) mass is 248 g/mol. The summed E-state index contributed by atoms with van der Waals surface area (Å²) in [5.41, 5.74) is 7.04. The van der Waals surface area contributed by atoms with E-state index >= 15 is 0 Å². The zero-order valence-electron chi connectivity index (χ0n) is 11.3. The lowest BCUT2D eigenvalue weighted by Gasteiger charge is -2.03. The molecule has 1 aromatic heterocycles. The van der Waals surface area contributed by atoms with Gasteiger partial charge < -0.3 is 0 Å². The SMILES string of the molecule is CC.CNNC(=O)Cn1nc(C)c2ccccc21. The van der Waals surface area contributed by atoms with Crippen molar-refractivity contribution in [3.8, 4) is 0 Å². The number of para-hydroxylation sites is 1. The Kier molecular flexibility index (Phi) is 5.32. The van der Waals surface area contributed by atoms with E-state index < -0.39 is 0 Å². The molecule has 0 bridgehead atoms. The molecule has 5 nitrogen and oxygen atoms in total. The summed E-state index contributed by atoms with van der Waals surface area (Å²) in [5.74, 6) is -0.115. The van der Waals surface area contributed by atoms with Crippen LogP contribution >= 0.6 is 0 Å². The van der Waals surface area contributed by atoms with E-state index in [0.29, 0.717) is 0 Å². The van der Waals surface area contributed by atoms with Gasteiger partial charge in [0.1, 0.15) is 6.54 Å². The molecule has 2 N–H and O–H groups in total. The number of hydrogen-bond acceptors (Lipinski definition) is 3. The Labute approximate surface area is 107 Å². The highest BCUT2D eigenvalue weighted by atomic mass is 16.2. The fourth-order valence-corrected chi connectivity index (χ4v) is 1.73. The Morgan fingerprint density at radius 3 is 2.67 bits per heavy atom. The van der Waals surface area contributed by atoms with Gasteiger partial charge >= 0.3 is 0 Å². The first-order chi connectivity index (χ1) is 8.72. The molecule has 0 fully saturated rings. The van der Waals surface area contributed by atoms with Gasteiger partial charge in [0.15, 0.2) is 0 Å². The van der Waals surface area contributed by atoms with E-state index in [1.807, 2.05) is 45.0 Å². The van der Waals surface area contributed by atoms with Crippen LogP contribution in [0.2, 0.25) is 0 Å². The van der Waals surface area contributed by atoms with Crippen molar-refractivity contribution in [3.63, 3.8) is 0 Å². The molecule has 0 saturated carbocycles. The number of rotatable bonds is 3. The zero-order chi connectivity index (χ0) is 13.5. The molecule has 0 aliphatic carbocycles. The maximum Gasteiger partial charge on any atom is 0.255 e. The van der Waals surface area contributed by atoms with Crippen LogP contribution in [0.5, 0.6) is 0 Å². The molecule has 1 amide bonds. The van der Waals surface area contributed by atoms with Gasteiger partial charge in [0, 0.05) is 12.4 Å². The second kappa shape index (κ2) is 6.76. The Morgan fingerprint density at radius 2 is 2.00 bits per heavy atom. The molecule has 1 aromatic carbocycles. The van der Waals surface area contributed by atoms with Crippen LogP contribution in [0.1, 0.15) is 19.5 Å². The summed E-state index contributed by atoms with van der Waals surface area (Å²) in [4.78, 5) is 11.4. The van der Waals surface area contributed by atoms with Crippen LogP contribution in [0.3, 0.4) is 0 Å². The van der Waals surface area contributed by atoms with Crippen LogP contribution in [0.15, 0.2) is 24.3 Å². The largest absolute Gasteiger partial charge is 0.290 e. The van der Waals surface area contributed by atoms with Crippen molar-refractivity contribution in [2.45, 2.75) is 27.3 Å². The van der Waals surface area contributed by atoms with Crippen molar-refractivity contribution in [2.75, 3.05) is 7.05 Å². The number of aryl methyl sites for hydroxylation is 1. The number of fused-ring (bicyclic) bond motifs is 1. The van der Waals surface area contributed by atoms with Crippen molar-refractivity contribution < 1.29 is 4.79 Å². The van der Waals surface area contributed by atoms with Gasteiger partial charge in [-0.2, -0.15) is 5.10 Å². The van der Waals surface area contributed by atoms with Crippen LogP contribution in [0, 0.1) is 6.92 Å². The summed E-state index contributed by atoms with van der Waals surface area (Å²) in [6.07, 6.45) is 0. The molecule has 1 heterocycles. The van der Waals surface area contributed by atoms with Crippen LogP contribution < -0.4 is 10.9 Å². The normalized spacial score (nSPS) is 9.78. The lowest BCUT2D eigenvalue weighted by atomic mass is 10.2. The van der Waals surface area contributed by atoms with E-state index in [1.54, 1.807) is 11.7 Å². The summed E-state index contributed by atoms with van der Waals surface area (Å²) in [7, 11) is 1.66. The minimum atomic E-state index is -0.115. The number of hydrazine groups is 1. The van der Waals surface area contributed by atoms with Gasteiger partial charge in [-0.1, -0.05) is 32.0 Å². The summed E-state index contributed by atoms with van der Waals surface area (Å²) >= 11 is 0. The maximum atomic E-state index is 11.4. The van der Waals surface area contributed by atoms with E-state index in [0.717, 1.165) is 16.6 Å². The predicted molar refractivity (Wildman–Crippen MR) is 73.0 cm³/mol. The van der Waals surface area contributed by atoms with Crippen molar-refractivity contribution in [2.24, 2.45) is 0 Å². The van der Waals surface area contributed by atoms with Gasteiger partial charge in [-0.3, -0.25) is 14.9 Å². The smallest absolute Gasteiger partial charge is 0.255 e. The molecule has 0 aliphatic heterocycles. The minimum Gasteiger partial charge on any atom is -0.290 e. The molecule has 0 aliphatic rings. The summed E-state index contributed by atoms with van der Waals surface area (Å²) in [5, 5.41) is 5.42. The number of amides is 1. The van der Waals surface area contributed by atoms with Gasteiger partial charge in [0.2, 0.25) is 0 Å². The zero-order valence-corrected chi connectivity index (χ0v) is 11.3. The molecule has 0 unspecified atom stereocenters. The van der Waals surface area contributed by atoms with Gasteiger partial charge in [-0.25, -0.2) is 5.43 Å². The average Bonchev–Trinajstić information content (AvgIpc) is 2.70. The maximum absolute atomic E-state index is 11.4. The molecule has 5 heteroatoms. The second-order valence-corrected chi connectivity index (χ2v) is 3.56. The Morgan fingerprint density at radius 1 is 1.33 bits per heavy atom. The molecular weight excluding hydrogens is 228 g/mol. The Bertz CT molecular complexity index is 519. The number of nitrogens with one attached hydrogen (secondary N) is 2. The van der Waals surface area contributed by atoms with E-state index in [2.05, 4.69) is 16.0 Å². The summed E-state index contributed by atoms with van der Waals surface area (Å²) < 4.78 is 1.71. The molecule has 98 valence electrons. The number of carbonyl (C=O) groups excluding carboxylic acids is 1. The van der Waals surface area contributed by atoms with Crippen LogP contribution in [-0.4, -0.2) is 22.7 Å². The summed E-state index contributed by atoms with van der Waals surface area (Å²) in [6, 6.07) is 7.87. The topological polar surface area (TPSA) is 58.9 Å². The van der Waals surface area contributed by atoms with E-state index in [9.17, 15) is 4.79 Å². The average molecular weight is 248 g/mol. The molecule has 0 atom stereocenters. The number of hydrogen-bond donors (Lipinski definition) is 2. The highest BCUT2D eigenvalue weighted by Gasteiger charge is 2.09. The van der Waals surface area contributed by atoms with E-state index in [-0.39, 0.29) is 12.5 Å². The van der Waals surface area contributed by atoms with Crippen molar-refractivity contribution in [1.82, 2.24) is 20.6 Å². The molecule has 2 aromatic rings. The molecule has 0 saturated heterocycles. The van der Waals surface area contributed by atoms with Crippen molar-refractivity contribution in [1.29, 1.82) is 0 Å². The lowest BCUT2D eigenvalue weighted by molar-refractivity contribution is -0.122. The van der Waals surface area contributed by atoms with Crippen LogP contribution in [-0.2, 0) is 11.3 Å². The second-order valence-electron chi connectivity index (χ2n) is 3.56. The number of aromatic nitrogens is 2. The highest BCUT2D eigenvalue weighted by molar-refractivity contribution is 5.84. The van der Waals surface area contributed by atoms with Gasteiger partial charge in [-0.05, 0) is 13.0 Å². The quantitative estimate of drug-likeness (QED) is 0.811. The fraction of sp³-hybridized carbons (Fsp3) is 0.385. The summed E-state index contributed by atoms with van der Waals surface area (Å²) in [6.45, 7) is 6.16. The third-order valence-corrected chi connectivity index (χ3v) is 2.40. The molecule has 2 rings (SSSR count). The number of benzene rings is 1. The van der Waals surface area contributed by atoms with Gasteiger partial charge in [0.05, 0.1) is 11.2 Å². The Balaban J connectivity index is 0.000000771. The van der Waals surface area contributed by atoms with Crippen LogP contribution in [0.25, 0.3) is 10.9 Å². The fourth-order valence-electron chi connectivity index (χ4n) is 1.73. The predicted octanol–water partition coefficient (Wildman–Crippen LogP) is 1.62. The number of carbonyl (C=O) groups is 1.